The first-order chi connectivity index (χ1) is 15.8. The van der Waals surface area contributed by atoms with Crippen LogP contribution in [0.4, 0.5) is 0 Å². The molecule has 176 valence electrons. The Morgan fingerprint density at radius 1 is 0.750 bits per heavy atom. The van der Waals surface area contributed by atoms with Crippen LogP contribution in [0.5, 0.6) is 0 Å². The van der Waals surface area contributed by atoms with E-state index in [0.29, 0.717) is 0 Å². The van der Waals surface area contributed by atoms with E-state index in [2.05, 4.69) is 43.3 Å². The molecule has 0 radical (unpaired) electrons. The molecule has 2 aliphatic carbocycles. The fourth-order valence-electron chi connectivity index (χ4n) is 6.38. The van der Waals surface area contributed by atoms with Crippen LogP contribution in [0.15, 0.2) is 36.4 Å². The molecule has 0 aromatic heterocycles. The highest BCUT2D eigenvalue weighted by atomic mass is 14.4. The van der Waals surface area contributed by atoms with Crippen LogP contribution >= 0.6 is 0 Å². The highest BCUT2D eigenvalue weighted by molar-refractivity contribution is 5.22. The summed E-state index contributed by atoms with van der Waals surface area (Å²) in [5, 5.41) is 8.60. The molecule has 2 saturated carbocycles. The first kappa shape index (κ1) is 25.1. The van der Waals surface area contributed by atoms with Gasteiger partial charge in [0, 0.05) is 6.08 Å². The van der Waals surface area contributed by atoms with Crippen molar-refractivity contribution in [2.24, 2.45) is 23.7 Å². The van der Waals surface area contributed by atoms with E-state index in [-0.39, 0.29) is 0 Å². The molecule has 3 rings (SSSR count). The Bertz CT molecular complexity index is 678. The average Bonchev–Trinajstić information content (AvgIpc) is 2.85. The average molecular weight is 434 g/mol. The molecule has 0 heterocycles. The molecular formula is C31H47N. The Labute approximate surface area is 198 Å². The van der Waals surface area contributed by atoms with Gasteiger partial charge >= 0.3 is 0 Å². The third-order valence-corrected chi connectivity index (χ3v) is 8.55. The third kappa shape index (κ3) is 8.77. The molecule has 2 aliphatic rings. The predicted molar refractivity (Wildman–Crippen MR) is 137 cm³/mol. The minimum atomic E-state index is 0.915. The van der Waals surface area contributed by atoms with Crippen molar-refractivity contribution in [3.8, 4) is 6.07 Å². The lowest BCUT2D eigenvalue weighted by atomic mass is 9.68. The number of nitriles is 1. The molecule has 1 aromatic carbocycles. The van der Waals surface area contributed by atoms with Crippen LogP contribution in [0.2, 0.25) is 0 Å². The molecule has 0 amide bonds. The molecule has 0 unspecified atom stereocenters. The van der Waals surface area contributed by atoms with Crippen LogP contribution in [0, 0.1) is 35.0 Å². The number of hydrogen-bond acceptors (Lipinski definition) is 1. The number of hydrogen-bond donors (Lipinski definition) is 0. The highest BCUT2D eigenvalue weighted by Gasteiger charge is 2.30. The molecule has 0 bridgehead atoms. The summed E-state index contributed by atoms with van der Waals surface area (Å²) in [6.45, 7) is 2.27. The molecule has 2 fully saturated rings. The van der Waals surface area contributed by atoms with Gasteiger partial charge in [-0.25, -0.2) is 0 Å². The summed E-state index contributed by atoms with van der Waals surface area (Å²) in [5.41, 5.74) is 3.04. The first-order valence-electron chi connectivity index (χ1n) is 13.9. The normalized spacial score (nSPS) is 26.2. The van der Waals surface area contributed by atoms with E-state index in [0.717, 1.165) is 30.1 Å². The van der Waals surface area contributed by atoms with Gasteiger partial charge in [0.15, 0.2) is 0 Å². The lowest BCUT2D eigenvalue weighted by Crippen LogP contribution is -2.25. The van der Waals surface area contributed by atoms with Gasteiger partial charge in [0.05, 0.1) is 6.07 Å². The number of benzene rings is 1. The Hall–Kier alpha value is -1.55. The summed E-state index contributed by atoms with van der Waals surface area (Å²) >= 11 is 0. The van der Waals surface area contributed by atoms with Crippen molar-refractivity contribution in [3.05, 3.63) is 47.5 Å². The monoisotopic (exact) mass is 433 g/mol. The Morgan fingerprint density at radius 2 is 1.28 bits per heavy atom. The standard InChI is InChI=1S/C31H47N/c1-2-3-9-26-13-15-27(16-14-26)11-6-7-12-29-19-23-31(24-20-29)30-21-17-28(18-22-30)10-5-4-8-25-32/h4,8,13-16,28-31H,2-3,5-7,9-12,17-24H2,1H3/t28-,29-,30-,31-. The zero-order chi connectivity index (χ0) is 22.4. The second kappa shape index (κ2) is 14.6. The van der Waals surface area contributed by atoms with Gasteiger partial charge in [0.1, 0.15) is 0 Å². The molecule has 1 aromatic rings. The maximum absolute atomic E-state index is 8.60. The number of allylic oxidation sites excluding steroid dienone is 2. The van der Waals surface area contributed by atoms with Crippen molar-refractivity contribution in [1.82, 2.24) is 0 Å². The summed E-state index contributed by atoms with van der Waals surface area (Å²) in [5.74, 6) is 3.96. The Balaban J connectivity index is 1.24. The van der Waals surface area contributed by atoms with E-state index in [9.17, 15) is 0 Å². The van der Waals surface area contributed by atoms with E-state index in [4.69, 9.17) is 5.26 Å². The van der Waals surface area contributed by atoms with Crippen molar-refractivity contribution in [2.45, 2.75) is 116 Å². The van der Waals surface area contributed by atoms with Crippen molar-refractivity contribution in [1.29, 1.82) is 5.26 Å². The maximum atomic E-state index is 8.60. The summed E-state index contributed by atoms with van der Waals surface area (Å²) in [7, 11) is 0. The fraction of sp³-hybridized carbons (Fsp3) is 0.710. The quantitative estimate of drug-likeness (QED) is 0.238. The number of nitrogens with zero attached hydrogens (tertiary/aromatic N) is 1. The van der Waals surface area contributed by atoms with Gasteiger partial charge in [-0.15, -0.1) is 0 Å². The molecule has 1 nitrogen and oxygen atoms in total. The fourth-order valence-corrected chi connectivity index (χ4v) is 6.38. The lowest BCUT2D eigenvalue weighted by molar-refractivity contribution is 0.140. The summed E-state index contributed by atoms with van der Waals surface area (Å²) in [6.07, 6.45) is 27.2. The Kier molecular flexibility index (Phi) is 11.4. The summed E-state index contributed by atoms with van der Waals surface area (Å²) < 4.78 is 0. The maximum Gasteiger partial charge on any atom is 0.0908 e. The zero-order valence-electron chi connectivity index (χ0n) is 20.7. The van der Waals surface area contributed by atoms with Crippen LogP contribution in [0.1, 0.15) is 114 Å². The molecule has 0 spiro atoms. The van der Waals surface area contributed by atoms with E-state index in [1.165, 1.54) is 114 Å². The first-order valence-corrected chi connectivity index (χ1v) is 13.9. The van der Waals surface area contributed by atoms with E-state index in [1.807, 2.05) is 0 Å². The molecule has 0 saturated heterocycles. The minimum absolute atomic E-state index is 0.915. The topological polar surface area (TPSA) is 23.8 Å². The molecule has 0 N–H and O–H groups in total. The van der Waals surface area contributed by atoms with E-state index in [1.54, 1.807) is 6.08 Å². The number of unbranched alkanes of at least 4 members (excludes halogenated alkanes) is 2. The van der Waals surface area contributed by atoms with Crippen molar-refractivity contribution >= 4 is 0 Å². The van der Waals surface area contributed by atoms with Crippen LogP contribution in [0.25, 0.3) is 0 Å². The van der Waals surface area contributed by atoms with Gasteiger partial charge in [0.2, 0.25) is 0 Å². The van der Waals surface area contributed by atoms with Crippen LogP contribution < -0.4 is 0 Å². The smallest absolute Gasteiger partial charge is 0.0908 e. The van der Waals surface area contributed by atoms with Crippen molar-refractivity contribution < 1.29 is 0 Å². The van der Waals surface area contributed by atoms with Gasteiger partial charge in [0.25, 0.3) is 0 Å². The molecule has 0 aliphatic heterocycles. The summed E-state index contributed by atoms with van der Waals surface area (Å²) in [6, 6.07) is 11.6. The predicted octanol–water partition coefficient (Wildman–Crippen LogP) is 9.21. The van der Waals surface area contributed by atoms with Gasteiger partial charge in [-0.05, 0) is 99.0 Å². The SMILES string of the molecule is CCCCc1ccc(CCCC[C@H]2CC[C@H]([C@H]3CC[C@H](CCC=CC#N)CC3)CC2)cc1. The zero-order valence-corrected chi connectivity index (χ0v) is 20.7. The van der Waals surface area contributed by atoms with E-state index < -0.39 is 0 Å². The molecular weight excluding hydrogens is 386 g/mol. The molecule has 32 heavy (non-hydrogen) atoms. The molecule has 1 heteroatoms. The largest absolute Gasteiger partial charge is 0.193 e. The molecule has 0 atom stereocenters. The highest BCUT2D eigenvalue weighted by Crippen LogP contribution is 2.43. The number of aryl methyl sites for hydroxylation is 2. The van der Waals surface area contributed by atoms with Gasteiger partial charge in [-0.3, -0.25) is 0 Å². The third-order valence-electron chi connectivity index (χ3n) is 8.55. The van der Waals surface area contributed by atoms with Crippen molar-refractivity contribution in [3.63, 3.8) is 0 Å². The van der Waals surface area contributed by atoms with E-state index >= 15 is 0 Å². The second-order valence-corrected chi connectivity index (χ2v) is 10.8. The van der Waals surface area contributed by atoms with Gasteiger partial charge < -0.3 is 0 Å². The lowest BCUT2D eigenvalue weighted by Gasteiger charge is -2.38. The van der Waals surface area contributed by atoms with Gasteiger partial charge in [-0.1, -0.05) is 82.2 Å². The van der Waals surface area contributed by atoms with Gasteiger partial charge in [-0.2, -0.15) is 5.26 Å². The van der Waals surface area contributed by atoms with Crippen molar-refractivity contribution in [2.75, 3.05) is 0 Å². The van der Waals surface area contributed by atoms with Crippen LogP contribution in [-0.2, 0) is 12.8 Å². The van der Waals surface area contributed by atoms with Crippen LogP contribution in [-0.4, -0.2) is 0 Å². The Morgan fingerprint density at radius 3 is 1.81 bits per heavy atom. The number of rotatable bonds is 12. The second-order valence-electron chi connectivity index (χ2n) is 10.8. The minimum Gasteiger partial charge on any atom is -0.193 e. The van der Waals surface area contributed by atoms with Crippen LogP contribution in [0.3, 0.4) is 0 Å². The summed E-state index contributed by atoms with van der Waals surface area (Å²) in [4.78, 5) is 0.